The number of hydrogen-bond acceptors (Lipinski definition) is 6. The molecular weight excluding hydrogens is 384 g/mol. The van der Waals surface area contributed by atoms with Gasteiger partial charge >= 0.3 is 0 Å². The van der Waals surface area contributed by atoms with Crippen molar-refractivity contribution in [1.29, 1.82) is 0 Å². The van der Waals surface area contributed by atoms with Gasteiger partial charge in [0.2, 0.25) is 0 Å². The SMILES string of the molecule is CCN(CC)CCOc1ccc(CN=C(N)N2CCN(c3nccs3)CC2)cc1. The molecule has 158 valence electrons. The van der Waals surface area contributed by atoms with E-state index in [4.69, 9.17) is 10.5 Å². The smallest absolute Gasteiger partial charge is 0.191 e. The van der Waals surface area contributed by atoms with Gasteiger partial charge in [-0.1, -0.05) is 26.0 Å². The Labute approximate surface area is 177 Å². The van der Waals surface area contributed by atoms with E-state index in [1.54, 1.807) is 11.3 Å². The van der Waals surface area contributed by atoms with Crippen LogP contribution in [0, 0.1) is 0 Å². The molecule has 0 atom stereocenters. The van der Waals surface area contributed by atoms with E-state index in [0.29, 0.717) is 19.1 Å². The monoisotopic (exact) mass is 416 g/mol. The second-order valence-corrected chi connectivity index (χ2v) is 7.86. The van der Waals surface area contributed by atoms with Crippen LogP contribution >= 0.6 is 11.3 Å². The first-order chi connectivity index (χ1) is 14.2. The predicted octanol–water partition coefficient (Wildman–Crippen LogP) is 2.50. The van der Waals surface area contributed by atoms with E-state index in [9.17, 15) is 0 Å². The molecule has 0 saturated carbocycles. The molecule has 0 unspecified atom stereocenters. The summed E-state index contributed by atoms with van der Waals surface area (Å²) in [7, 11) is 0. The molecule has 2 heterocycles. The van der Waals surface area contributed by atoms with Gasteiger partial charge in [0, 0.05) is 44.3 Å². The molecule has 2 aromatic rings. The van der Waals surface area contributed by atoms with E-state index in [1.165, 1.54) is 0 Å². The summed E-state index contributed by atoms with van der Waals surface area (Å²) in [6, 6.07) is 8.14. The van der Waals surface area contributed by atoms with Crippen LogP contribution in [0.1, 0.15) is 19.4 Å². The minimum absolute atomic E-state index is 0.582. The van der Waals surface area contributed by atoms with Gasteiger partial charge < -0.3 is 25.2 Å². The average Bonchev–Trinajstić information content (AvgIpc) is 3.31. The second-order valence-electron chi connectivity index (χ2n) is 6.98. The molecule has 1 aromatic heterocycles. The fourth-order valence-corrected chi connectivity index (χ4v) is 3.99. The number of thiazole rings is 1. The molecule has 1 aliphatic rings. The molecule has 1 aromatic carbocycles. The summed E-state index contributed by atoms with van der Waals surface area (Å²) in [5.74, 6) is 1.51. The first kappa shape index (κ1) is 21.4. The molecule has 2 N–H and O–H groups in total. The molecule has 3 rings (SSSR count). The minimum atomic E-state index is 0.582. The second kappa shape index (κ2) is 11.0. The molecule has 0 radical (unpaired) electrons. The van der Waals surface area contributed by atoms with Gasteiger partial charge in [-0.15, -0.1) is 11.3 Å². The molecule has 0 amide bonds. The minimum Gasteiger partial charge on any atom is -0.492 e. The summed E-state index contributed by atoms with van der Waals surface area (Å²) in [5.41, 5.74) is 7.36. The van der Waals surface area contributed by atoms with Gasteiger partial charge in [0.05, 0.1) is 6.54 Å². The Morgan fingerprint density at radius 3 is 2.52 bits per heavy atom. The van der Waals surface area contributed by atoms with Gasteiger partial charge in [0.15, 0.2) is 11.1 Å². The van der Waals surface area contributed by atoms with Crippen molar-refractivity contribution in [1.82, 2.24) is 14.8 Å². The number of ether oxygens (including phenoxy) is 1. The third kappa shape index (κ3) is 6.33. The molecular formula is C21H32N6OS. The number of nitrogens with zero attached hydrogens (tertiary/aromatic N) is 5. The molecule has 7 nitrogen and oxygen atoms in total. The third-order valence-corrected chi connectivity index (χ3v) is 6.04. The third-order valence-electron chi connectivity index (χ3n) is 5.21. The Bertz CT molecular complexity index is 737. The van der Waals surface area contributed by atoms with Crippen molar-refractivity contribution in [3.8, 4) is 5.75 Å². The number of rotatable bonds is 9. The summed E-state index contributed by atoms with van der Waals surface area (Å²) in [4.78, 5) is 15.8. The Morgan fingerprint density at radius 1 is 1.17 bits per heavy atom. The highest BCUT2D eigenvalue weighted by Crippen LogP contribution is 2.19. The zero-order valence-corrected chi connectivity index (χ0v) is 18.3. The van der Waals surface area contributed by atoms with Crippen LogP contribution in [0.2, 0.25) is 0 Å². The van der Waals surface area contributed by atoms with Crippen molar-refractivity contribution in [3.63, 3.8) is 0 Å². The van der Waals surface area contributed by atoms with Crippen molar-refractivity contribution in [3.05, 3.63) is 41.4 Å². The lowest BCUT2D eigenvalue weighted by Gasteiger charge is -2.35. The lowest BCUT2D eigenvalue weighted by Crippen LogP contribution is -2.51. The van der Waals surface area contributed by atoms with Crippen LogP contribution in [0.4, 0.5) is 5.13 Å². The van der Waals surface area contributed by atoms with Crippen LogP contribution in [-0.2, 0) is 6.54 Å². The Balaban J connectivity index is 1.42. The van der Waals surface area contributed by atoms with Gasteiger partial charge in [-0.05, 0) is 30.8 Å². The van der Waals surface area contributed by atoms with E-state index in [1.807, 2.05) is 23.7 Å². The van der Waals surface area contributed by atoms with E-state index < -0.39 is 0 Å². The number of nitrogens with two attached hydrogens (primary N) is 1. The fraction of sp³-hybridized carbons (Fsp3) is 0.524. The predicted molar refractivity (Wildman–Crippen MR) is 121 cm³/mol. The molecule has 0 bridgehead atoms. The maximum Gasteiger partial charge on any atom is 0.191 e. The number of guanidine groups is 1. The van der Waals surface area contributed by atoms with Crippen LogP contribution in [0.3, 0.4) is 0 Å². The summed E-state index contributed by atoms with van der Waals surface area (Å²) in [6.45, 7) is 12.3. The van der Waals surface area contributed by atoms with Gasteiger partial charge in [0.25, 0.3) is 0 Å². The van der Waals surface area contributed by atoms with Crippen LogP contribution in [0.15, 0.2) is 40.8 Å². The van der Waals surface area contributed by atoms with E-state index in [0.717, 1.165) is 62.3 Å². The van der Waals surface area contributed by atoms with Crippen molar-refractivity contribution in [2.24, 2.45) is 10.7 Å². The lowest BCUT2D eigenvalue weighted by atomic mass is 10.2. The molecule has 8 heteroatoms. The van der Waals surface area contributed by atoms with Crippen LogP contribution in [-0.4, -0.2) is 73.2 Å². The van der Waals surface area contributed by atoms with Gasteiger partial charge in [0.1, 0.15) is 12.4 Å². The number of piperazine rings is 1. The zero-order valence-electron chi connectivity index (χ0n) is 17.5. The maximum absolute atomic E-state index is 6.23. The number of likely N-dealkylation sites (N-methyl/N-ethyl adjacent to an activating group) is 1. The summed E-state index contributed by atoms with van der Waals surface area (Å²) < 4.78 is 5.84. The largest absolute Gasteiger partial charge is 0.492 e. The number of aromatic nitrogens is 1. The summed E-state index contributed by atoms with van der Waals surface area (Å²) in [5, 5.41) is 3.10. The van der Waals surface area contributed by atoms with E-state index in [2.05, 4.69) is 50.7 Å². The Morgan fingerprint density at radius 2 is 1.90 bits per heavy atom. The van der Waals surface area contributed by atoms with Crippen LogP contribution < -0.4 is 15.4 Å². The highest BCUT2D eigenvalue weighted by molar-refractivity contribution is 7.13. The topological polar surface area (TPSA) is 70.2 Å². The number of hydrogen-bond donors (Lipinski definition) is 1. The van der Waals surface area contributed by atoms with Crippen LogP contribution in [0.25, 0.3) is 0 Å². The highest BCUT2D eigenvalue weighted by atomic mass is 32.1. The van der Waals surface area contributed by atoms with E-state index in [-0.39, 0.29) is 0 Å². The molecule has 1 fully saturated rings. The Kier molecular flexibility index (Phi) is 8.13. The first-order valence-corrected chi connectivity index (χ1v) is 11.2. The number of aliphatic imine (C=N–C) groups is 1. The van der Waals surface area contributed by atoms with Gasteiger partial charge in [-0.25, -0.2) is 9.98 Å². The van der Waals surface area contributed by atoms with Crippen molar-refractivity contribution < 1.29 is 4.74 Å². The normalized spacial score (nSPS) is 15.2. The summed E-state index contributed by atoms with van der Waals surface area (Å²) in [6.07, 6.45) is 1.85. The number of anilines is 1. The highest BCUT2D eigenvalue weighted by Gasteiger charge is 2.19. The maximum atomic E-state index is 6.23. The first-order valence-electron chi connectivity index (χ1n) is 10.3. The molecule has 1 aliphatic heterocycles. The molecule has 1 saturated heterocycles. The van der Waals surface area contributed by atoms with Crippen molar-refractivity contribution >= 4 is 22.4 Å². The fourth-order valence-electron chi connectivity index (χ4n) is 3.29. The average molecular weight is 417 g/mol. The standard InChI is InChI=1S/C21H32N6OS/c1-3-25(4-2)14-15-28-19-7-5-18(6-8-19)17-24-20(22)26-10-12-27(13-11-26)21-23-9-16-29-21/h5-9,16H,3-4,10-15,17H2,1-2H3,(H2,22,24). The van der Waals surface area contributed by atoms with E-state index >= 15 is 0 Å². The lowest BCUT2D eigenvalue weighted by molar-refractivity contribution is 0.223. The quantitative estimate of drug-likeness (QED) is 0.500. The number of benzene rings is 1. The summed E-state index contributed by atoms with van der Waals surface area (Å²) >= 11 is 1.68. The van der Waals surface area contributed by atoms with Gasteiger partial charge in [-0.3, -0.25) is 0 Å². The van der Waals surface area contributed by atoms with Gasteiger partial charge in [-0.2, -0.15) is 0 Å². The zero-order chi connectivity index (χ0) is 20.5. The Hall–Kier alpha value is -2.32. The molecule has 0 aliphatic carbocycles. The van der Waals surface area contributed by atoms with Crippen molar-refractivity contribution in [2.45, 2.75) is 20.4 Å². The molecule has 0 spiro atoms. The van der Waals surface area contributed by atoms with Crippen molar-refractivity contribution in [2.75, 3.05) is 57.3 Å². The van der Waals surface area contributed by atoms with Crippen LogP contribution in [0.5, 0.6) is 5.75 Å². The molecule has 29 heavy (non-hydrogen) atoms.